The molecular weight excluding hydrogens is 733 g/mol. The predicted molar refractivity (Wildman–Crippen MR) is 242 cm³/mol. The second-order valence-corrected chi connectivity index (χ2v) is 16.6. The minimum atomic E-state index is 0.695. The smallest absolute Gasteiger partial charge is 0.180 e. The Morgan fingerprint density at radius 3 is 1.53 bits per heavy atom. The van der Waals surface area contributed by atoms with Crippen molar-refractivity contribution in [1.82, 2.24) is 9.97 Å². The molecule has 0 N–H and O–H groups in total. The van der Waals surface area contributed by atoms with Gasteiger partial charge in [0.15, 0.2) is 5.58 Å². The topological polar surface area (TPSA) is 38.9 Å². The maximum Gasteiger partial charge on any atom is 0.180 e. The van der Waals surface area contributed by atoms with Crippen molar-refractivity contribution in [3.8, 4) is 55.8 Å². The molecule has 0 aliphatic carbocycles. The van der Waals surface area contributed by atoms with Crippen LogP contribution in [0.2, 0.25) is 0 Å². The monoisotopic (exact) mass is 762 g/mol. The Morgan fingerprint density at radius 1 is 0.368 bits per heavy atom. The summed E-state index contributed by atoms with van der Waals surface area (Å²) >= 11 is 3.73. The van der Waals surface area contributed by atoms with Gasteiger partial charge in [-0.2, -0.15) is 0 Å². The lowest BCUT2D eigenvalue weighted by Crippen LogP contribution is -1.87. The highest BCUT2D eigenvalue weighted by Gasteiger charge is 2.17. The van der Waals surface area contributed by atoms with E-state index in [-0.39, 0.29) is 0 Å². The van der Waals surface area contributed by atoms with E-state index in [1.54, 1.807) is 6.33 Å². The third-order valence-corrected chi connectivity index (χ3v) is 13.7. The van der Waals surface area contributed by atoms with E-state index in [0.717, 1.165) is 44.4 Å². The molecule has 0 atom stereocenters. The van der Waals surface area contributed by atoms with Crippen LogP contribution in [-0.2, 0) is 0 Å². The fourth-order valence-corrected chi connectivity index (χ4v) is 10.9. The maximum absolute atomic E-state index is 6.51. The maximum atomic E-state index is 6.51. The molecule has 0 saturated carbocycles. The first-order valence-corrected chi connectivity index (χ1v) is 20.7. The van der Waals surface area contributed by atoms with Gasteiger partial charge in [-0.05, 0) is 80.9 Å². The van der Waals surface area contributed by atoms with Crippen LogP contribution >= 0.6 is 22.7 Å². The zero-order valence-corrected chi connectivity index (χ0v) is 32.1. The number of nitrogens with zero attached hydrogens (tertiary/aromatic N) is 2. The van der Waals surface area contributed by atoms with E-state index in [9.17, 15) is 0 Å². The summed E-state index contributed by atoms with van der Waals surface area (Å²) in [6, 6.07) is 63.4. The first-order chi connectivity index (χ1) is 28.2. The molecule has 57 heavy (non-hydrogen) atoms. The molecule has 12 rings (SSSR count). The van der Waals surface area contributed by atoms with Gasteiger partial charge in [0.2, 0.25) is 0 Å². The van der Waals surface area contributed by atoms with Crippen LogP contribution in [0, 0.1) is 0 Å². The zero-order valence-electron chi connectivity index (χ0n) is 30.4. The molecule has 12 aromatic rings. The number of rotatable bonds is 5. The molecule has 3 nitrogen and oxygen atoms in total. The van der Waals surface area contributed by atoms with Gasteiger partial charge in [0.05, 0.1) is 0 Å². The van der Waals surface area contributed by atoms with Crippen molar-refractivity contribution < 1.29 is 4.42 Å². The van der Waals surface area contributed by atoms with Crippen LogP contribution in [0.4, 0.5) is 0 Å². The quantitative estimate of drug-likeness (QED) is 0.175. The predicted octanol–water partition coefficient (Wildman–Crippen LogP) is 15.4. The number of furan rings is 1. The highest BCUT2D eigenvalue weighted by Crippen LogP contribution is 2.43. The first-order valence-electron chi connectivity index (χ1n) is 19.0. The fourth-order valence-electron chi connectivity index (χ4n) is 8.46. The van der Waals surface area contributed by atoms with Gasteiger partial charge >= 0.3 is 0 Å². The van der Waals surface area contributed by atoms with Gasteiger partial charge in [0, 0.05) is 51.3 Å². The van der Waals surface area contributed by atoms with Crippen molar-refractivity contribution >= 4 is 85.1 Å². The summed E-state index contributed by atoms with van der Waals surface area (Å²) in [6.45, 7) is 0. The Labute approximate surface area is 335 Å². The molecule has 0 saturated heterocycles. The molecule has 266 valence electrons. The second-order valence-electron chi connectivity index (χ2n) is 14.5. The van der Waals surface area contributed by atoms with E-state index in [1.807, 2.05) is 22.7 Å². The van der Waals surface area contributed by atoms with E-state index in [2.05, 4.69) is 176 Å². The van der Waals surface area contributed by atoms with E-state index in [1.165, 1.54) is 68.2 Å². The van der Waals surface area contributed by atoms with Gasteiger partial charge < -0.3 is 4.42 Å². The van der Waals surface area contributed by atoms with Crippen LogP contribution in [0.3, 0.4) is 0 Å². The molecule has 0 unspecified atom stereocenters. The van der Waals surface area contributed by atoms with Crippen molar-refractivity contribution in [2.24, 2.45) is 0 Å². The molecule has 0 radical (unpaired) electrons. The Hall–Kier alpha value is -6.92. The standard InChI is InChI=1S/C52H30N2OS2/c1-3-19-46-40(13-1)42-17-7-15-38(51(42)56-46)36-11-5-9-33(27-36)31-21-23-32(24-22-31)48-50-49(54-30-53-48)44-29-35(25-26-45(44)55-50)34-10-6-12-37(28-34)39-16-8-18-43-41-14-2-4-20-47(41)57-52(39)43/h1-30H. The third kappa shape index (κ3) is 5.24. The minimum Gasteiger partial charge on any atom is -0.452 e. The lowest BCUT2D eigenvalue weighted by molar-refractivity contribution is 0.667. The van der Waals surface area contributed by atoms with E-state index < -0.39 is 0 Å². The van der Waals surface area contributed by atoms with Crippen molar-refractivity contribution in [1.29, 1.82) is 0 Å². The molecular formula is C52H30N2OS2. The van der Waals surface area contributed by atoms with Gasteiger partial charge in [0.1, 0.15) is 23.1 Å². The van der Waals surface area contributed by atoms with Crippen LogP contribution in [0.1, 0.15) is 0 Å². The lowest BCUT2D eigenvalue weighted by atomic mass is 9.97. The Balaban J connectivity index is 0.879. The lowest BCUT2D eigenvalue weighted by Gasteiger charge is -2.08. The molecule has 0 bridgehead atoms. The van der Waals surface area contributed by atoms with Crippen LogP contribution < -0.4 is 0 Å². The van der Waals surface area contributed by atoms with Gasteiger partial charge in [0.25, 0.3) is 0 Å². The molecule has 4 aromatic heterocycles. The summed E-state index contributed by atoms with van der Waals surface area (Å²) in [5, 5.41) is 6.22. The first kappa shape index (κ1) is 32.3. The van der Waals surface area contributed by atoms with E-state index in [4.69, 9.17) is 14.4 Å². The highest BCUT2D eigenvalue weighted by molar-refractivity contribution is 7.26. The van der Waals surface area contributed by atoms with Crippen LogP contribution in [0.5, 0.6) is 0 Å². The van der Waals surface area contributed by atoms with Crippen LogP contribution in [0.15, 0.2) is 187 Å². The largest absolute Gasteiger partial charge is 0.452 e. The summed E-state index contributed by atoms with van der Waals surface area (Å²) in [7, 11) is 0. The third-order valence-electron chi connectivity index (χ3n) is 11.2. The summed E-state index contributed by atoms with van der Waals surface area (Å²) < 4.78 is 11.8. The van der Waals surface area contributed by atoms with Gasteiger partial charge in [-0.3, -0.25) is 0 Å². The van der Waals surface area contributed by atoms with Crippen LogP contribution in [-0.4, -0.2) is 9.97 Å². The summed E-state index contributed by atoms with van der Waals surface area (Å²) in [4.78, 5) is 9.49. The Morgan fingerprint density at radius 2 is 0.877 bits per heavy atom. The van der Waals surface area contributed by atoms with E-state index >= 15 is 0 Å². The summed E-state index contributed by atoms with van der Waals surface area (Å²) in [6.07, 6.45) is 1.65. The molecule has 0 fully saturated rings. The number of thiophene rings is 2. The average Bonchev–Trinajstić information content (AvgIpc) is 3.98. The molecule has 5 heteroatoms. The second kappa shape index (κ2) is 12.8. The zero-order chi connectivity index (χ0) is 37.5. The summed E-state index contributed by atoms with van der Waals surface area (Å²) in [5.74, 6) is 0. The van der Waals surface area contributed by atoms with Gasteiger partial charge in [-0.15, -0.1) is 22.7 Å². The fraction of sp³-hybridized carbons (Fsp3) is 0. The molecule has 4 heterocycles. The van der Waals surface area contributed by atoms with Crippen molar-refractivity contribution in [2.45, 2.75) is 0 Å². The average molecular weight is 763 g/mol. The normalized spacial score (nSPS) is 11.9. The SMILES string of the molecule is c1cc(-c2ccc(-c3ncnc4c3oc3ccc(-c5cccc(-c6cccc7c6sc6ccccc67)c5)cc34)cc2)cc(-c2cccc3c2sc2ccccc23)c1. The van der Waals surface area contributed by atoms with Crippen molar-refractivity contribution in [2.75, 3.05) is 0 Å². The number of aromatic nitrogens is 2. The molecule has 0 aliphatic heterocycles. The van der Waals surface area contributed by atoms with Crippen LogP contribution in [0.25, 0.3) is 118 Å². The number of hydrogen-bond acceptors (Lipinski definition) is 5. The Kier molecular flexibility index (Phi) is 7.27. The molecule has 0 amide bonds. The van der Waals surface area contributed by atoms with Gasteiger partial charge in [-0.1, -0.05) is 140 Å². The number of benzene rings is 8. The van der Waals surface area contributed by atoms with Gasteiger partial charge in [-0.25, -0.2) is 9.97 Å². The number of fused-ring (bicyclic) bond motifs is 9. The summed E-state index contributed by atoms with van der Waals surface area (Å²) in [5.41, 5.74) is 13.6. The molecule has 0 aliphatic rings. The molecule has 8 aromatic carbocycles. The molecule has 0 spiro atoms. The Bertz CT molecular complexity index is 3540. The van der Waals surface area contributed by atoms with Crippen molar-refractivity contribution in [3.05, 3.63) is 182 Å². The van der Waals surface area contributed by atoms with Crippen molar-refractivity contribution in [3.63, 3.8) is 0 Å². The number of hydrogen-bond donors (Lipinski definition) is 0. The van der Waals surface area contributed by atoms with E-state index in [0.29, 0.717) is 5.58 Å². The highest BCUT2D eigenvalue weighted by atomic mass is 32.1. The minimum absolute atomic E-state index is 0.695.